The number of fused-ring (bicyclic) bond motifs is 4. The van der Waals surface area contributed by atoms with Gasteiger partial charge in [0.15, 0.2) is 0 Å². The van der Waals surface area contributed by atoms with E-state index in [-0.39, 0.29) is 23.5 Å². The highest BCUT2D eigenvalue weighted by atomic mass is 79.9. The fourth-order valence-corrected chi connectivity index (χ4v) is 5.86. The third-order valence-electron chi connectivity index (χ3n) is 6.74. The van der Waals surface area contributed by atoms with Gasteiger partial charge in [-0.1, -0.05) is 28.1 Å². The maximum absolute atomic E-state index is 13.7. The molecule has 5 rings (SSSR count). The summed E-state index contributed by atoms with van der Waals surface area (Å²) in [5.41, 5.74) is 0.204. The number of rotatable bonds is 2. The van der Waals surface area contributed by atoms with Crippen molar-refractivity contribution >= 4 is 39.3 Å². The fraction of sp³-hybridized carbons (Fsp3) is 0.375. The summed E-state index contributed by atoms with van der Waals surface area (Å²) >= 11 is 3.48. The van der Waals surface area contributed by atoms with Crippen LogP contribution < -0.4 is 10.6 Å². The first-order valence-electron chi connectivity index (χ1n) is 10.6. The van der Waals surface area contributed by atoms with Crippen LogP contribution in [0.2, 0.25) is 0 Å². The van der Waals surface area contributed by atoms with Crippen LogP contribution in [0.3, 0.4) is 0 Å². The van der Waals surface area contributed by atoms with Crippen LogP contribution in [0.15, 0.2) is 46.9 Å². The SMILES string of the molecule is CC(C)(C)N1C(=O)C2C(Cc3ccc(O)cc3)NC3(C(=O)Nc4ccc(Br)cc43)C2C1=O. The maximum atomic E-state index is 13.7. The second-order valence-electron chi connectivity index (χ2n) is 9.76. The van der Waals surface area contributed by atoms with Gasteiger partial charge in [0, 0.05) is 27.3 Å². The first-order chi connectivity index (χ1) is 15.0. The van der Waals surface area contributed by atoms with Gasteiger partial charge in [-0.05, 0) is 63.1 Å². The fourth-order valence-electron chi connectivity index (χ4n) is 5.50. The third-order valence-corrected chi connectivity index (χ3v) is 7.23. The molecule has 0 saturated carbocycles. The van der Waals surface area contributed by atoms with Crippen molar-refractivity contribution in [3.05, 3.63) is 58.1 Å². The Kier molecular flexibility index (Phi) is 4.56. The Balaban J connectivity index is 1.66. The smallest absolute Gasteiger partial charge is 0.250 e. The van der Waals surface area contributed by atoms with Gasteiger partial charge < -0.3 is 10.4 Å². The number of phenolic OH excluding ortho intramolecular Hbond substituents is 1. The standard InChI is InChI=1S/C24H24BrN3O4/c1-23(2,3)28-20(30)18-17(10-12-4-7-14(29)8-5-12)27-24(19(18)21(28)31)15-11-13(25)6-9-16(15)26-22(24)32/h4-9,11,17-19,27,29H,10H2,1-3H3,(H,26,32). The van der Waals surface area contributed by atoms with E-state index in [9.17, 15) is 19.5 Å². The number of hydrogen-bond acceptors (Lipinski definition) is 5. The molecule has 2 saturated heterocycles. The van der Waals surface area contributed by atoms with Crippen molar-refractivity contribution < 1.29 is 19.5 Å². The summed E-state index contributed by atoms with van der Waals surface area (Å²) in [6.07, 6.45) is 0.441. The number of hydrogen-bond donors (Lipinski definition) is 3. The van der Waals surface area contributed by atoms with Gasteiger partial charge in [0.25, 0.3) is 0 Å². The summed E-state index contributed by atoms with van der Waals surface area (Å²) < 4.78 is 0.789. The van der Waals surface area contributed by atoms with E-state index in [0.29, 0.717) is 17.7 Å². The van der Waals surface area contributed by atoms with E-state index in [1.54, 1.807) is 30.3 Å². The van der Waals surface area contributed by atoms with E-state index in [4.69, 9.17) is 0 Å². The number of amides is 3. The van der Waals surface area contributed by atoms with Gasteiger partial charge in [-0.25, -0.2) is 0 Å². The number of likely N-dealkylation sites (tertiary alicyclic amines) is 1. The lowest BCUT2D eigenvalue weighted by Crippen LogP contribution is -2.56. The van der Waals surface area contributed by atoms with Crippen LogP contribution in [-0.4, -0.2) is 39.3 Å². The zero-order chi connectivity index (χ0) is 23.0. The number of benzene rings is 2. The molecule has 0 aliphatic carbocycles. The van der Waals surface area contributed by atoms with Crippen LogP contribution in [0.5, 0.6) is 5.75 Å². The van der Waals surface area contributed by atoms with Crippen molar-refractivity contribution in [1.29, 1.82) is 0 Å². The van der Waals surface area contributed by atoms with Gasteiger partial charge in [0.05, 0.1) is 11.8 Å². The van der Waals surface area contributed by atoms with Gasteiger partial charge in [0.2, 0.25) is 17.7 Å². The van der Waals surface area contributed by atoms with E-state index in [0.717, 1.165) is 10.0 Å². The molecule has 3 aliphatic rings. The molecule has 2 fully saturated rings. The minimum absolute atomic E-state index is 0.155. The highest BCUT2D eigenvalue weighted by Crippen LogP contribution is 2.54. The molecule has 7 nitrogen and oxygen atoms in total. The molecule has 4 unspecified atom stereocenters. The molecular formula is C24H24BrN3O4. The Labute approximate surface area is 194 Å². The third kappa shape index (κ3) is 2.85. The van der Waals surface area contributed by atoms with Crippen LogP contribution in [0.25, 0.3) is 0 Å². The molecule has 3 aliphatic heterocycles. The Morgan fingerprint density at radius 3 is 2.41 bits per heavy atom. The number of imide groups is 1. The molecule has 1 spiro atoms. The maximum Gasteiger partial charge on any atom is 0.250 e. The summed E-state index contributed by atoms with van der Waals surface area (Å²) in [4.78, 5) is 42.1. The summed E-state index contributed by atoms with van der Waals surface area (Å²) in [5, 5.41) is 16.0. The molecule has 2 aromatic rings. The zero-order valence-corrected chi connectivity index (χ0v) is 19.6. The summed E-state index contributed by atoms with van der Waals surface area (Å²) in [7, 11) is 0. The van der Waals surface area contributed by atoms with E-state index < -0.39 is 29.0 Å². The molecule has 32 heavy (non-hydrogen) atoms. The highest BCUT2D eigenvalue weighted by Gasteiger charge is 2.71. The number of halogens is 1. The largest absolute Gasteiger partial charge is 0.508 e. The van der Waals surface area contributed by atoms with Crippen molar-refractivity contribution in [3.8, 4) is 5.75 Å². The zero-order valence-electron chi connectivity index (χ0n) is 18.0. The number of phenols is 1. The summed E-state index contributed by atoms with van der Waals surface area (Å²) in [5.74, 6) is -2.25. The van der Waals surface area contributed by atoms with E-state index in [2.05, 4.69) is 26.6 Å². The summed E-state index contributed by atoms with van der Waals surface area (Å²) in [6, 6.07) is 11.8. The Hall–Kier alpha value is -2.71. The lowest BCUT2D eigenvalue weighted by atomic mass is 9.76. The molecule has 8 heteroatoms. The summed E-state index contributed by atoms with van der Waals surface area (Å²) in [6.45, 7) is 5.49. The molecule has 3 amide bonds. The van der Waals surface area contributed by atoms with Crippen molar-refractivity contribution in [2.24, 2.45) is 11.8 Å². The number of carbonyl (C=O) groups excluding carboxylic acids is 3. The Morgan fingerprint density at radius 1 is 1.06 bits per heavy atom. The molecule has 0 radical (unpaired) electrons. The molecule has 166 valence electrons. The molecule has 3 N–H and O–H groups in total. The molecule has 0 aromatic heterocycles. The first-order valence-corrected chi connectivity index (χ1v) is 11.4. The molecule has 0 bridgehead atoms. The van der Waals surface area contributed by atoms with Gasteiger partial charge >= 0.3 is 0 Å². The van der Waals surface area contributed by atoms with Gasteiger partial charge in [-0.3, -0.25) is 24.6 Å². The van der Waals surface area contributed by atoms with Crippen LogP contribution in [0.1, 0.15) is 31.9 Å². The van der Waals surface area contributed by atoms with Gasteiger partial charge in [0.1, 0.15) is 11.3 Å². The number of nitrogens with one attached hydrogen (secondary N) is 2. The number of anilines is 1. The number of carbonyl (C=O) groups is 3. The predicted octanol–water partition coefficient (Wildman–Crippen LogP) is 2.92. The lowest BCUT2D eigenvalue weighted by Gasteiger charge is -2.34. The number of nitrogens with zero attached hydrogens (tertiary/aromatic N) is 1. The van der Waals surface area contributed by atoms with Crippen LogP contribution >= 0.6 is 15.9 Å². The monoisotopic (exact) mass is 497 g/mol. The second-order valence-corrected chi connectivity index (χ2v) is 10.7. The molecule has 3 heterocycles. The highest BCUT2D eigenvalue weighted by molar-refractivity contribution is 9.10. The minimum atomic E-state index is -1.32. The van der Waals surface area contributed by atoms with E-state index in [1.165, 1.54) is 4.90 Å². The van der Waals surface area contributed by atoms with Crippen molar-refractivity contribution in [3.63, 3.8) is 0 Å². The minimum Gasteiger partial charge on any atom is -0.508 e. The quantitative estimate of drug-likeness (QED) is 0.554. The molecular weight excluding hydrogens is 474 g/mol. The van der Waals surface area contributed by atoms with Crippen LogP contribution in [0.4, 0.5) is 5.69 Å². The molecule has 2 aromatic carbocycles. The Bertz CT molecular complexity index is 1160. The van der Waals surface area contributed by atoms with Crippen molar-refractivity contribution in [2.75, 3.05) is 5.32 Å². The lowest BCUT2D eigenvalue weighted by molar-refractivity contribution is -0.147. The predicted molar refractivity (Wildman–Crippen MR) is 122 cm³/mol. The Morgan fingerprint density at radius 2 is 1.75 bits per heavy atom. The van der Waals surface area contributed by atoms with E-state index >= 15 is 0 Å². The average Bonchev–Trinajstić information content (AvgIpc) is 3.28. The normalized spacial score (nSPS) is 28.9. The van der Waals surface area contributed by atoms with Gasteiger partial charge in [-0.2, -0.15) is 0 Å². The van der Waals surface area contributed by atoms with Crippen molar-refractivity contribution in [2.45, 2.75) is 44.3 Å². The van der Waals surface area contributed by atoms with Crippen molar-refractivity contribution in [1.82, 2.24) is 10.2 Å². The second kappa shape index (κ2) is 6.89. The topological polar surface area (TPSA) is 98.7 Å². The van der Waals surface area contributed by atoms with Crippen LogP contribution in [0, 0.1) is 11.8 Å². The average molecular weight is 498 g/mol. The first kappa shape index (κ1) is 21.2. The molecule has 4 atom stereocenters. The van der Waals surface area contributed by atoms with E-state index in [1.807, 2.05) is 32.9 Å². The number of aromatic hydroxyl groups is 1. The van der Waals surface area contributed by atoms with Gasteiger partial charge in [-0.15, -0.1) is 0 Å². The van der Waals surface area contributed by atoms with Crippen LogP contribution in [-0.2, 0) is 26.3 Å².